The van der Waals surface area contributed by atoms with E-state index in [9.17, 15) is 13.2 Å². The molecule has 0 spiro atoms. The number of hydrogen-bond donors (Lipinski definition) is 0. The average Bonchev–Trinajstić information content (AvgIpc) is 3.07. The monoisotopic (exact) mass is 408 g/mol. The molecule has 144 valence electrons. The molecule has 0 aromatic heterocycles. The molecule has 2 aromatic carbocycles. The van der Waals surface area contributed by atoms with E-state index in [0.717, 1.165) is 12.4 Å². The topological polar surface area (TPSA) is 66.4 Å². The molecule has 0 amide bonds. The van der Waals surface area contributed by atoms with Crippen molar-refractivity contribution >= 4 is 31.8 Å². The minimum atomic E-state index is -6.09. The highest BCUT2D eigenvalue weighted by atomic mass is 32.2. The highest BCUT2D eigenvalue weighted by Gasteiger charge is 2.36. The summed E-state index contributed by atoms with van der Waals surface area (Å²) in [5, 5.41) is 2.74. The number of alkyl halides is 3. The van der Waals surface area contributed by atoms with Gasteiger partial charge in [0.05, 0.1) is 6.61 Å². The second-order valence-electron chi connectivity index (χ2n) is 5.58. The van der Waals surface area contributed by atoms with E-state index in [2.05, 4.69) is 36.4 Å². The first-order valence-corrected chi connectivity index (χ1v) is 11.0. The Balaban J connectivity index is 0.000000260. The molecule has 2 aromatic rings. The summed E-state index contributed by atoms with van der Waals surface area (Å²) >= 11 is 0. The Bertz CT molecular complexity index is 845. The summed E-state index contributed by atoms with van der Waals surface area (Å²) in [6.07, 6.45) is 2.80. The molecular weight excluding hydrogens is 389 g/mol. The summed E-state index contributed by atoms with van der Waals surface area (Å²) in [5.41, 5.74) is -5.65. The van der Waals surface area contributed by atoms with E-state index in [1.165, 1.54) is 35.1 Å². The fraction of sp³-hybridized carbons (Fsp3) is 0.412. The van der Waals surface area contributed by atoms with E-state index in [-0.39, 0.29) is 0 Å². The summed E-state index contributed by atoms with van der Waals surface area (Å²) in [4.78, 5) is 1.56. The molecule has 1 fully saturated rings. The molecule has 0 radical (unpaired) electrons. The second kappa shape index (κ2) is 8.49. The molecule has 0 unspecified atom stereocenters. The van der Waals surface area contributed by atoms with Gasteiger partial charge in [0, 0.05) is 16.3 Å². The summed E-state index contributed by atoms with van der Waals surface area (Å²) in [6, 6.07) is 13.2. The van der Waals surface area contributed by atoms with E-state index in [4.69, 9.17) is 17.7 Å². The molecule has 0 saturated carbocycles. The Morgan fingerprint density at radius 1 is 1.15 bits per heavy atom. The lowest BCUT2D eigenvalue weighted by Crippen LogP contribution is -2.21. The van der Waals surface area contributed by atoms with Crippen molar-refractivity contribution in [2.24, 2.45) is 0 Å². The van der Waals surface area contributed by atoms with Gasteiger partial charge in [-0.15, -0.1) is 0 Å². The van der Waals surface area contributed by atoms with Gasteiger partial charge in [0.2, 0.25) is 0 Å². The first kappa shape index (κ1) is 20.9. The number of benzene rings is 2. The van der Waals surface area contributed by atoms with Gasteiger partial charge in [-0.25, -0.2) is 8.42 Å². The van der Waals surface area contributed by atoms with Crippen LogP contribution in [0.3, 0.4) is 0 Å². The maximum absolute atomic E-state index is 10.7. The maximum Gasteiger partial charge on any atom is 0.485 e. The third kappa shape index (κ3) is 5.28. The van der Waals surface area contributed by atoms with Gasteiger partial charge in [-0.2, -0.15) is 13.2 Å². The lowest BCUT2D eigenvalue weighted by Gasteiger charge is -2.08. The SMILES string of the molecule is CCOc1ccc2c([S+]3CCCC3)cccc2c1.O=S(=O)([O-])C(F)(F)F. The van der Waals surface area contributed by atoms with Crippen molar-refractivity contribution in [1.82, 2.24) is 0 Å². The number of fused-ring (bicyclic) bond motifs is 1. The highest BCUT2D eigenvalue weighted by Crippen LogP contribution is 2.31. The zero-order valence-electron chi connectivity index (χ0n) is 14.1. The van der Waals surface area contributed by atoms with Crippen LogP contribution in [0.15, 0.2) is 41.3 Å². The Morgan fingerprint density at radius 2 is 1.77 bits per heavy atom. The van der Waals surface area contributed by atoms with Crippen LogP contribution in [0.25, 0.3) is 10.8 Å². The van der Waals surface area contributed by atoms with Gasteiger partial charge in [0.25, 0.3) is 0 Å². The molecule has 1 saturated heterocycles. The van der Waals surface area contributed by atoms with E-state index < -0.39 is 15.6 Å². The van der Waals surface area contributed by atoms with Crippen LogP contribution in [-0.2, 0) is 21.0 Å². The van der Waals surface area contributed by atoms with Crippen molar-refractivity contribution in [3.8, 4) is 5.75 Å². The fourth-order valence-electron chi connectivity index (χ4n) is 2.61. The molecule has 0 bridgehead atoms. The van der Waals surface area contributed by atoms with Crippen LogP contribution in [0.4, 0.5) is 13.2 Å². The minimum Gasteiger partial charge on any atom is -0.741 e. The van der Waals surface area contributed by atoms with Crippen LogP contribution in [0.5, 0.6) is 5.75 Å². The lowest BCUT2D eigenvalue weighted by molar-refractivity contribution is -0.0517. The van der Waals surface area contributed by atoms with Crippen LogP contribution in [0.1, 0.15) is 19.8 Å². The molecule has 1 aliphatic rings. The van der Waals surface area contributed by atoms with Crippen LogP contribution < -0.4 is 4.74 Å². The molecular formula is C17H19F3O4S2. The van der Waals surface area contributed by atoms with Crippen LogP contribution >= 0.6 is 0 Å². The third-order valence-corrected chi connectivity index (χ3v) is 6.86. The van der Waals surface area contributed by atoms with Gasteiger partial charge < -0.3 is 9.29 Å². The molecule has 1 heterocycles. The van der Waals surface area contributed by atoms with Crippen molar-refractivity contribution in [2.75, 3.05) is 18.1 Å². The van der Waals surface area contributed by atoms with Crippen molar-refractivity contribution < 1.29 is 30.9 Å². The Hall–Kier alpha value is -1.45. The molecule has 9 heteroatoms. The molecule has 3 rings (SSSR count). The fourth-order valence-corrected chi connectivity index (χ4v) is 5.13. The van der Waals surface area contributed by atoms with Crippen LogP contribution in [-0.4, -0.2) is 36.6 Å². The van der Waals surface area contributed by atoms with E-state index in [1.54, 1.807) is 4.90 Å². The summed E-state index contributed by atoms with van der Waals surface area (Å²) in [5.74, 6) is 3.75. The summed E-state index contributed by atoms with van der Waals surface area (Å²) in [6.45, 7) is 2.76. The second-order valence-corrected chi connectivity index (χ2v) is 9.19. The predicted octanol–water partition coefficient (Wildman–Crippen LogP) is 4.06. The molecule has 26 heavy (non-hydrogen) atoms. The quantitative estimate of drug-likeness (QED) is 0.436. The molecule has 1 aliphatic heterocycles. The molecule has 0 aliphatic carbocycles. The van der Waals surface area contributed by atoms with Gasteiger partial charge in [0.15, 0.2) is 15.0 Å². The van der Waals surface area contributed by atoms with Gasteiger partial charge in [-0.1, -0.05) is 12.1 Å². The van der Waals surface area contributed by atoms with Gasteiger partial charge >= 0.3 is 5.51 Å². The summed E-state index contributed by atoms with van der Waals surface area (Å²) in [7, 11) is -5.61. The van der Waals surface area contributed by atoms with Gasteiger partial charge in [-0.3, -0.25) is 0 Å². The van der Waals surface area contributed by atoms with E-state index >= 15 is 0 Å². The molecule has 0 atom stereocenters. The first-order chi connectivity index (χ1) is 12.1. The zero-order valence-corrected chi connectivity index (χ0v) is 15.7. The Kier molecular flexibility index (Phi) is 6.81. The normalized spacial score (nSPS) is 15.6. The van der Waals surface area contributed by atoms with Crippen LogP contribution in [0, 0.1) is 0 Å². The Morgan fingerprint density at radius 3 is 2.31 bits per heavy atom. The third-order valence-electron chi connectivity index (χ3n) is 3.75. The van der Waals surface area contributed by atoms with Gasteiger partial charge in [-0.05, 0) is 49.4 Å². The number of hydrogen-bond acceptors (Lipinski definition) is 4. The number of halogens is 3. The maximum atomic E-state index is 10.7. The molecule has 4 nitrogen and oxygen atoms in total. The Labute approximate surface area is 153 Å². The lowest BCUT2D eigenvalue weighted by atomic mass is 10.1. The standard InChI is InChI=1S/C16H19OS.CHF3O3S/c1-2-17-14-8-9-15-13(12-14)6-5-7-16(15)18-10-3-4-11-18;2-1(3,4)8(5,6)7/h5-9,12H,2-4,10-11H2,1H3;(H,5,6,7)/q+1;/p-1. The van der Waals surface area contributed by atoms with E-state index in [1.807, 2.05) is 6.92 Å². The van der Waals surface area contributed by atoms with Gasteiger partial charge in [0.1, 0.15) is 17.3 Å². The zero-order chi connectivity index (χ0) is 19.4. The predicted molar refractivity (Wildman–Crippen MR) is 95.5 cm³/mol. The van der Waals surface area contributed by atoms with Crippen molar-refractivity contribution in [2.45, 2.75) is 30.2 Å². The number of ether oxygens (including phenoxy) is 1. The van der Waals surface area contributed by atoms with Crippen molar-refractivity contribution in [1.29, 1.82) is 0 Å². The highest BCUT2D eigenvalue weighted by molar-refractivity contribution is 7.97. The smallest absolute Gasteiger partial charge is 0.485 e. The van der Waals surface area contributed by atoms with Crippen molar-refractivity contribution in [3.05, 3.63) is 36.4 Å². The number of rotatable bonds is 3. The van der Waals surface area contributed by atoms with Crippen LogP contribution in [0.2, 0.25) is 0 Å². The van der Waals surface area contributed by atoms with Crippen molar-refractivity contribution in [3.63, 3.8) is 0 Å². The average molecular weight is 408 g/mol. The summed E-state index contributed by atoms with van der Waals surface area (Å²) < 4.78 is 64.5. The largest absolute Gasteiger partial charge is 0.741 e. The minimum absolute atomic E-state index is 0.484. The first-order valence-electron chi connectivity index (χ1n) is 7.98. The van der Waals surface area contributed by atoms with E-state index in [0.29, 0.717) is 10.9 Å². The molecule has 0 N–H and O–H groups in total.